The Hall–Kier alpha value is -2.50. The van der Waals surface area contributed by atoms with Crippen LogP contribution < -0.4 is 0 Å². The summed E-state index contributed by atoms with van der Waals surface area (Å²) in [4.78, 5) is 0. The molecule has 0 heterocycles. The zero-order valence-corrected chi connectivity index (χ0v) is 8.85. The SMILES string of the molecule is O/N=C1\C(=N/O)c2ccc(F)c3c(F)ccc1c23. The number of benzene rings is 2. The fourth-order valence-corrected chi connectivity index (χ4v) is 2.27. The molecular weight excluding hydrogens is 242 g/mol. The van der Waals surface area contributed by atoms with Crippen molar-refractivity contribution >= 4 is 22.2 Å². The lowest BCUT2D eigenvalue weighted by atomic mass is 10.0. The average molecular weight is 248 g/mol. The summed E-state index contributed by atoms with van der Waals surface area (Å²) in [5.41, 5.74) is 0.638. The van der Waals surface area contributed by atoms with Gasteiger partial charge in [-0.3, -0.25) is 0 Å². The molecule has 0 bridgehead atoms. The predicted octanol–water partition coefficient (Wildman–Crippen LogP) is 2.49. The Bertz CT molecular complexity index is 680. The third-order valence-corrected chi connectivity index (χ3v) is 2.99. The van der Waals surface area contributed by atoms with Crippen LogP contribution in [0.2, 0.25) is 0 Å². The maximum absolute atomic E-state index is 13.7. The number of nitrogens with zero attached hydrogens (tertiary/aromatic N) is 2. The van der Waals surface area contributed by atoms with Gasteiger partial charge in [0.05, 0.1) is 5.39 Å². The molecule has 0 amide bonds. The van der Waals surface area contributed by atoms with Crippen LogP contribution >= 0.6 is 0 Å². The summed E-state index contributed by atoms with van der Waals surface area (Å²) >= 11 is 0. The molecule has 2 aromatic rings. The second kappa shape index (κ2) is 3.49. The van der Waals surface area contributed by atoms with Crippen molar-refractivity contribution in [2.75, 3.05) is 0 Å². The van der Waals surface area contributed by atoms with Crippen LogP contribution in [-0.4, -0.2) is 21.8 Å². The van der Waals surface area contributed by atoms with E-state index < -0.39 is 11.6 Å². The van der Waals surface area contributed by atoms with E-state index >= 15 is 0 Å². The predicted molar refractivity (Wildman–Crippen MR) is 60.5 cm³/mol. The van der Waals surface area contributed by atoms with E-state index in [0.29, 0.717) is 11.1 Å². The Morgan fingerprint density at radius 2 is 1.17 bits per heavy atom. The Balaban J connectivity index is 2.58. The molecule has 6 heteroatoms. The summed E-state index contributed by atoms with van der Waals surface area (Å²) in [6.45, 7) is 0. The van der Waals surface area contributed by atoms with Crippen molar-refractivity contribution in [1.29, 1.82) is 0 Å². The van der Waals surface area contributed by atoms with E-state index in [4.69, 9.17) is 10.4 Å². The van der Waals surface area contributed by atoms with Gasteiger partial charge in [0.2, 0.25) is 0 Å². The molecule has 0 spiro atoms. The monoisotopic (exact) mass is 248 g/mol. The summed E-state index contributed by atoms with van der Waals surface area (Å²) in [5.74, 6) is -1.44. The Kier molecular flexibility index (Phi) is 2.07. The summed E-state index contributed by atoms with van der Waals surface area (Å²) in [7, 11) is 0. The topological polar surface area (TPSA) is 65.2 Å². The zero-order chi connectivity index (χ0) is 12.9. The van der Waals surface area contributed by atoms with Crippen LogP contribution in [-0.2, 0) is 0 Å². The smallest absolute Gasteiger partial charge is 0.140 e. The number of hydrogen-bond donors (Lipinski definition) is 2. The van der Waals surface area contributed by atoms with Crippen molar-refractivity contribution < 1.29 is 19.2 Å². The van der Waals surface area contributed by atoms with E-state index in [1.165, 1.54) is 12.1 Å². The molecule has 0 fully saturated rings. The molecule has 0 saturated heterocycles. The summed E-state index contributed by atoms with van der Waals surface area (Å²) in [5, 5.41) is 24.0. The molecular formula is C12H6F2N2O2. The first-order valence-electron chi connectivity index (χ1n) is 5.05. The molecule has 2 N–H and O–H groups in total. The molecule has 2 aromatic carbocycles. The third-order valence-electron chi connectivity index (χ3n) is 2.99. The molecule has 1 aliphatic rings. The van der Waals surface area contributed by atoms with Gasteiger partial charge in [-0.25, -0.2) is 8.78 Å². The van der Waals surface area contributed by atoms with Crippen molar-refractivity contribution in [2.45, 2.75) is 0 Å². The quantitative estimate of drug-likeness (QED) is 0.555. The van der Waals surface area contributed by atoms with E-state index in [2.05, 4.69) is 10.3 Å². The van der Waals surface area contributed by atoms with E-state index in [0.717, 1.165) is 12.1 Å². The van der Waals surface area contributed by atoms with E-state index in [-0.39, 0.29) is 22.2 Å². The minimum Gasteiger partial charge on any atom is -0.410 e. The molecule has 90 valence electrons. The minimum atomic E-state index is -0.718. The second-order valence-electron chi connectivity index (χ2n) is 3.84. The van der Waals surface area contributed by atoms with Crippen molar-refractivity contribution in [3.05, 3.63) is 47.0 Å². The van der Waals surface area contributed by atoms with Crippen LogP contribution in [0.5, 0.6) is 0 Å². The highest BCUT2D eigenvalue weighted by molar-refractivity contribution is 6.60. The molecule has 0 radical (unpaired) electrons. The van der Waals surface area contributed by atoms with Crippen LogP contribution in [0.1, 0.15) is 11.1 Å². The molecule has 0 saturated carbocycles. The molecule has 1 aliphatic carbocycles. The van der Waals surface area contributed by atoms with E-state index in [9.17, 15) is 8.78 Å². The summed E-state index contributed by atoms with van der Waals surface area (Å²) in [6, 6.07) is 4.87. The number of oxime groups is 2. The van der Waals surface area contributed by atoms with Crippen molar-refractivity contribution in [3.63, 3.8) is 0 Å². The Morgan fingerprint density at radius 3 is 1.56 bits per heavy atom. The van der Waals surface area contributed by atoms with Crippen LogP contribution in [0, 0.1) is 11.6 Å². The van der Waals surface area contributed by atoms with Gasteiger partial charge in [-0.1, -0.05) is 10.3 Å². The van der Waals surface area contributed by atoms with Gasteiger partial charge in [-0.15, -0.1) is 0 Å². The Labute approximate surface area is 99.5 Å². The maximum atomic E-state index is 13.7. The first kappa shape index (κ1) is 10.6. The van der Waals surface area contributed by atoms with Gasteiger partial charge in [0.1, 0.15) is 23.1 Å². The van der Waals surface area contributed by atoms with Crippen molar-refractivity contribution in [2.24, 2.45) is 10.3 Å². The average Bonchev–Trinajstić information content (AvgIpc) is 2.69. The highest BCUT2D eigenvalue weighted by Gasteiger charge is 2.30. The zero-order valence-electron chi connectivity index (χ0n) is 8.85. The molecule has 0 aliphatic heterocycles. The van der Waals surface area contributed by atoms with Gasteiger partial charge < -0.3 is 10.4 Å². The lowest BCUT2D eigenvalue weighted by molar-refractivity contribution is 0.315. The number of halogens is 2. The fourth-order valence-electron chi connectivity index (χ4n) is 2.27. The molecule has 3 rings (SSSR count). The van der Waals surface area contributed by atoms with Gasteiger partial charge >= 0.3 is 0 Å². The van der Waals surface area contributed by atoms with Gasteiger partial charge in [-0.2, -0.15) is 0 Å². The van der Waals surface area contributed by atoms with Crippen LogP contribution in [0.15, 0.2) is 34.6 Å². The van der Waals surface area contributed by atoms with E-state index in [1.54, 1.807) is 0 Å². The normalized spacial score (nSPS) is 18.1. The lowest BCUT2D eigenvalue weighted by Gasteiger charge is -2.02. The number of rotatable bonds is 0. The summed E-state index contributed by atoms with van der Waals surface area (Å²) < 4.78 is 27.3. The van der Waals surface area contributed by atoms with Gasteiger partial charge in [-0.05, 0) is 24.3 Å². The minimum absolute atomic E-state index is 0.0110. The second-order valence-corrected chi connectivity index (χ2v) is 3.84. The molecule has 0 atom stereocenters. The molecule has 0 aromatic heterocycles. The summed E-state index contributed by atoms with van der Waals surface area (Å²) in [6.07, 6.45) is 0. The van der Waals surface area contributed by atoms with Gasteiger partial charge in [0, 0.05) is 16.5 Å². The van der Waals surface area contributed by atoms with Crippen molar-refractivity contribution in [1.82, 2.24) is 0 Å². The molecule has 4 nitrogen and oxygen atoms in total. The Morgan fingerprint density at radius 1 is 0.722 bits per heavy atom. The fraction of sp³-hybridized carbons (Fsp3) is 0. The highest BCUT2D eigenvalue weighted by atomic mass is 19.1. The van der Waals surface area contributed by atoms with Crippen LogP contribution in [0.4, 0.5) is 8.78 Å². The van der Waals surface area contributed by atoms with Crippen molar-refractivity contribution in [3.8, 4) is 0 Å². The van der Waals surface area contributed by atoms with E-state index in [1.807, 2.05) is 0 Å². The highest BCUT2D eigenvalue weighted by Crippen LogP contribution is 2.34. The molecule has 18 heavy (non-hydrogen) atoms. The maximum Gasteiger partial charge on any atom is 0.140 e. The standard InChI is InChI=1S/C12H6F2N2O2/c13-7-3-1-5-9-6(2-4-8(14)10(7)9)12(16-18)11(5)15-17/h1-4,17-18H/b15-11-,16-12-. The van der Waals surface area contributed by atoms with Gasteiger partial charge in [0.25, 0.3) is 0 Å². The lowest BCUT2D eigenvalue weighted by Crippen LogP contribution is -2.10. The largest absolute Gasteiger partial charge is 0.410 e. The first-order chi connectivity index (χ1) is 8.69. The number of hydrogen-bond acceptors (Lipinski definition) is 4. The first-order valence-corrected chi connectivity index (χ1v) is 5.05. The third kappa shape index (κ3) is 1.11. The van der Waals surface area contributed by atoms with Crippen LogP contribution in [0.25, 0.3) is 10.8 Å². The molecule has 0 unspecified atom stereocenters. The van der Waals surface area contributed by atoms with Crippen LogP contribution in [0.3, 0.4) is 0 Å². The van der Waals surface area contributed by atoms with Gasteiger partial charge in [0.15, 0.2) is 0 Å².